The summed E-state index contributed by atoms with van der Waals surface area (Å²) in [5.41, 5.74) is 0. The van der Waals surface area contributed by atoms with E-state index < -0.39 is 9.71 Å². The van der Waals surface area contributed by atoms with Crippen molar-refractivity contribution < 1.29 is 4.21 Å². The van der Waals surface area contributed by atoms with Gasteiger partial charge in [-0.15, -0.1) is 0 Å². The average Bonchev–Trinajstić information content (AvgIpc) is 2.32. The third-order valence-electron chi connectivity index (χ3n) is 2.60. The molecular weight excluding hydrogens is 182 g/mol. The monoisotopic (exact) mass is 203 g/mol. The van der Waals surface area contributed by atoms with E-state index in [1.165, 1.54) is 12.8 Å². The molecule has 1 rings (SSSR count). The van der Waals surface area contributed by atoms with E-state index in [0.717, 1.165) is 24.9 Å². The molecule has 1 aliphatic heterocycles. The topological polar surface area (TPSA) is 20.3 Å². The van der Waals surface area contributed by atoms with Gasteiger partial charge in [0.1, 0.15) is 0 Å². The summed E-state index contributed by atoms with van der Waals surface area (Å²) in [6.07, 6.45) is 4.19. The van der Waals surface area contributed by atoms with Gasteiger partial charge in [-0.05, 0) is 30.5 Å². The summed E-state index contributed by atoms with van der Waals surface area (Å²) in [6, 6.07) is 0. The third kappa shape index (κ3) is 3.31. The molecule has 1 fully saturated rings. The zero-order valence-electron chi connectivity index (χ0n) is 8.95. The quantitative estimate of drug-likeness (QED) is 0.638. The highest BCUT2D eigenvalue weighted by Gasteiger charge is 2.25. The molecule has 0 aromatic heterocycles. The zero-order valence-corrected chi connectivity index (χ0v) is 9.77. The highest BCUT2D eigenvalue weighted by molar-refractivity contribution is 7.97. The van der Waals surface area contributed by atoms with Crippen LogP contribution in [-0.2, 0) is 9.71 Å². The normalized spacial score (nSPS) is 29.4. The van der Waals surface area contributed by atoms with Crippen molar-refractivity contribution in [3.8, 4) is 0 Å². The van der Waals surface area contributed by atoms with E-state index in [9.17, 15) is 4.21 Å². The zero-order chi connectivity index (χ0) is 10.1. The molecule has 0 radical (unpaired) electrons. The Morgan fingerprint density at radius 1 is 1.62 bits per heavy atom. The molecule has 0 aromatic carbocycles. The van der Waals surface area contributed by atoms with Crippen LogP contribution in [0.15, 0.2) is 0 Å². The van der Waals surface area contributed by atoms with Crippen molar-refractivity contribution in [2.45, 2.75) is 26.7 Å². The maximum absolute atomic E-state index is 11.6. The Morgan fingerprint density at radius 2 is 2.23 bits per heavy atom. The molecule has 78 valence electrons. The molecule has 0 amide bonds. The molecule has 2 unspecified atom stereocenters. The van der Waals surface area contributed by atoms with Gasteiger partial charge in [-0.3, -0.25) is 4.21 Å². The molecule has 0 N–H and O–H groups in total. The molecule has 13 heavy (non-hydrogen) atoms. The van der Waals surface area contributed by atoms with Crippen molar-refractivity contribution >= 4 is 15.6 Å². The van der Waals surface area contributed by atoms with Crippen LogP contribution < -0.4 is 0 Å². The summed E-state index contributed by atoms with van der Waals surface area (Å²) in [4.78, 5) is 0. The summed E-state index contributed by atoms with van der Waals surface area (Å²) >= 11 is 0. The SMILES string of the molecule is C=S(C)(=O)N1CCC(CC(C)C)C1. The molecule has 1 saturated heterocycles. The first-order chi connectivity index (χ1) is 5.89. The first-order valence-corrected chi connectivity index (χ1v) is 7.06. The van der Waals surface area contributed by atoms with Crippen LogP contribution in [0.25, 0.3) is 0 Å². The van der Waals surface area contributed by atoms with Crippen molar-refractivity contribution in [2.24, 2.45) is 11.8 Å². The van der Waals surface area contributed by atoms with Crippen molar-refractivity contribution in [2.75, 3.05) is 19.3 Å². The molecular formula is C10H21NOS. The largest absolute Gasteiger partial charge is 0.253 e. The summed E-state index contributed by atoms with van der Waals surface area (Å²) in [7, 11) is -1.94. The molecule has 0 spiro atoms. The van der Waals surface area contributed by atoms with Crippen molar-refractivity contribution in [1.82, 2.24) is 4.31 Å². The lowest BCUT2D eigenvalue weighted by Crippen LogP contribution is -2.27. The maximum Gasteiger partial charge on any atom is 0.0245 e. The molecule has 0 bridgehead atoms. The lowest BCUT2D eigenvalue weighted by atomic mass is 9.97. The summed E-state index contributed by atoms with van der Waals surface area (Å²) in [5, 5.41) is 0. The van der Waals surface area contributed by atoms with Crippen LogP contribution in [-0.4, -0.2) is 33.7 Å². The van der Waals surface area contributed by atoms with Gasteiger partial charge >= 0.3 is 0 Å². The van der Waals surface area contributed by atoms with Gasteiger partial charge in [0.25, 0.3) is 0 Å². The fourth-order valence-electron chi connectivity index (χ4n) is 2.01. The lowest BCUT2D eigenvalue weighted by Gasteiger charge is -2.18. The summed E-state index contributed by atoms with van der Waals surface area (Å²) in [6.45, 7) is 6.44. The van der Waals surface area contributed by atoms with Gasteiger partial charge in [0, 0.05) is 29.1 Å². The van der Waals surface area contributed by atoms with Crippen LogP contribution >= 0.6 is 0 Å². The molecule has 2 nitrogen and oxygen atoms in total. The number of nitrogens with zero attached hydrogens (tertiary/aromatic N) is 1. The van der Waals surface area contributed by atoms with Crippen LogP contribution in [0, 0.1) is 11.8 Å². The predicted molar refractivity (Wildman–Crippen MR) is 60.3 cm³/mol. The third-order valence-corrected chi connectivity index (χ3v) is 4.02. The van der Waals surface area contributed by atoms with Gasteiger partial charge in [0.05, 0.1) is 0 Å². The van der Waals surface area contributed by atoms with E-state index in [4.69, 9.17) is 0 Å². The van der Waals surface area contributed by atoms with E-state index in [2.05, 4.69) is 19.7 Å². The van der Waals surface area contributed by atoms with E-state index in [0.29, 0.717) is 0 Å². The Hall–Kier alpha value is -0.0200. The highest BCUT2D eigenvalue weighted by atomic mass is 32.2. The standard InChI is InChI=1S/C10H21NOS/c1-9(2)7-10-5-6-11(8-10)13(3,4)12/h9-10H,3,5-8H2,1-2,4H3. The fourth-order valence-corrected chi connectivity index (χ4v) is 3.02. The highest BCUT2D eigenvalue weighted by Crippen LogP contribution is 2.24. The second-order valence-corrected chi connectivity index (χ2v) is 7.07. The molecule has 0 aromatic rings. The van der Waals surface area contributed by atoms with E-state index >= 15 is 0 Å². The molecule has 0 saturated carbocycles. The number of hydrogen-bond donors (Lipinski definition) is 0. The minimum atomic E-state index is -1.94. The summed E-state index contributed by atoms with van der Waals surface area (Å²) in [5.74, 6) is 5.21. The van der Waals surface area contributed by atoms with Gasteiger partial charge in [-0.1, -0.05) is 13.8 Å². The fraction of sp³-hybridized carbons (Fsp3) is 0.900. The van der Waals surface area contributed by atoms with Gasteiger partial charge in [0.15, 0.2) is 0 Å². The minimum absolute atomic E-state index is 0.738. The second kappa shape index (κ2) is 4.01. The molecule has 1 aliphatic rings. The maximum atomic E-state index is 11.6. The van der Waals surface area contributed by atoms with Gasteiger partial charge in [-0.2, -0.15) is 0 Å². The first-order valence-electron chi connectivity index (χ1n) is 4.97. The molecule has 1 heterocycles. The van der Waals surface area contributed by atoms with Gasteiger partial charge < -0.3 is 0 Å². The van der Waals surface area contributed by atoms with Crippen LogP contribution in [0.2, 0.25) is 0 Å². The van der Waals surface area contributed by atoms with Crippen molar-refractivity contribution in [3.05, 3.63) is 0 Å². The second-order valence-electron chi connectivity index (χ2n) is 4.63. The van der Waals surface area contributed by atoms with Crippen LogP contribution in [0.4, 0.5) is 0 Å². The number of rotatable bonds is 3. The van der Waals surface area contributed by atoms with Crippen LogP contribution in [0.5, 0.6) is 0 Å². The first kappa shape index (κ1) is 11.1. The Morgan fingerprint density at radius 3 is 2.62 bits per heavy atom. The average molecular weight is 203 g/mol. The van der Waals surface area contributed by atoms with Crippen LogP contribution in [0.3, 0.4) is 0 Å². The van der Waals surface area contributed by atoms with E-state index in [-0.39, 0.29) is 0 Å². The Kier molecular flexibility index (Phi) is 3.41. The van der Waals surface area contributed by atoms with Gasteiger partial charge in [0.2, 0.25) is 0 Å². The predicted octanol–water partition coefficient (Wildman–Crippen LogP) is 1.62. The van der Waals surface area contributed by atoms with Crippen molar-refractivity contribution in [3.63, 3.8) is 0 Å². The smallest absolute Gasteiger partial charge is 0.0245 e. The Labute approximate surface area is 82.5 Å². The molecule has 3 heteroatoms. The lowest BCUT2D eigenvalue weighted by molar-refractivity contribution is 0.417. The van der Waals surface area contributed by atoms with Crippen LogP contribution in [0.1, 0.15) is 26.7 Å². The molecule has 0 aliphatic carbocycles. The number of hydrogen-bond acceptors (Lipinski definition) is 1. The summed E-state index contributed by atoms with van der Waals surface area (Å²) < 4.78 is 13.7. The van der Waals surface area contributed by atoms with Gasteiger partial charge in [-0.25, -0.2) is 4.31 Å². The van der Waals surface area contributed by atoms with Crippen molar-refractivity contribution in [1.29, 1.82) is 0 Å². The minimum Gasteiger partial charge on any atom is -0.253 e. The van der Waals surface area contributed by atoms with E-state index in [1.807, 2.05) is 4.31 Å². The molecule has 2 atom stereocenters. The van der Waals surface area contributed by atoms with E-state index in [1.54, 1.807) is 6.26 Å². The Bertz CT molecular complexity index is 256. The Balaban J connectivity index is 2.46.